The van der Waals surface area contributed by atoms with Gasteiger partial charge in [0.2, 0.25) is 0 Å². The number of piperidine rings is 1. The van der Waals surface area contributed by atoms with Crippen molar-refractivity contribution < 1.29 is 9.52 Å². The molecular weight excluding hydrogens is 240 g/mol. The van der Waals surface area contributed by atoms with Crippen LogP contribution in [-0.4, -0.2) is 36.2 Å². The van der Waals surface area contributed by atoms with Crippen molar-refractivity contribution in [1.82, 2.24) is 10.2 Å². The van der Waals surface area contributed by atoms with E-state index in [0.29, 0.717) is 11.7 Å². The first-order valence-electron chi connectivity index (χ1n) is 7.39. The van der Waals surface area contributed by atoms with Gasteiger partial charge in [-0.15, -0.1) is 0 Å². The zero-order chi connectivity index (χ0) is 13.5. The Balaban J connectivity index is 1.61. The summed E-state index contributed by atoms with van der Waals surface area (Å²) in [6.45, 7) is 7.74. The Morgan fingerprint density at radius 1 is 1.26 bits per heavy atom. The Kier molecular flexibility index (Phi) is 5.89. The van der Waals surface area contributed by atoms with Crippen molar-refractivity contribution >= 4 is 0 Å². The third kappa shape index (κ3) is 4.97. The monoisotopic (exact) mass is 266 g/mol. The van der Waals surface area contributed by atoms with Crippen molar-refractivity contribution in [2.75, 3.05) is 26.2 Å². The van der Waals surface area contributed by atoms with Crippen LogP contribution >= 0.6 is 0 Å². The van der Waals surface area contributed by atoms with Gasteiger partial charge in [-0.25, -0.2) is 0 Å². The standard InChI is InChI=1S/C15H26N2O2/c1-13(11-17-7-3-2-4-8-17)9-16-10-14-5-6-15(12-18)19-14/h5-6,13,16,18H,2-4,7-12H2,1H3. The lowest BCUT2D eigenvalue weighted by Gasteiger charge is -2.29. The normalized spacial score (nSPS) is 18.6. The van der Waals surface area contributed by atoms with Crippen LogP contribution in [0, 0.1) is 5.92 Å². The molecule has 0 bridgehead atoms. The van der Waals surface area contributed by atoms with Crippen LogP contribution in [0.15, 0.2) is 16.5 Å². The molecule has 0 spiro atoms. The Bertz CT molecular complexity index is 359. The van der Waals surface area contributed by atoms with Gasteiger partial charge in [-0.05, 0) is 50.5 Å². The molecule has 1 aliphatic rings. The number of hydrogen-bond acceptors (Lipinski definition) is 4. The molecule has 1 unspecified atom stereocenters. The van der Waals surface area contributed by atoms with Crippen LogP contribution in [0.25, 0.3) is 0 Å². The summed E-state index contributed by atoms with van der Waals surface area (Å²) in [5.41, 5.74) is 0. The summed E-state index contributed by atoms with van der Waals surface area (Å²) < 4.78 is 5.44. The molecule has 2 rings (SSSR count). The third-order valence-corrected chi connectivity index (χ3v) is 3.68. The molecule has 0 radical (unpaired) electrons. The largest absolute Gasteiger partial charge is 0.462 e. The van der Waals surface area contributed by atoms with Gasteiger partial charge in [0, 0.05) is 6.54 Å². The van der Waals surface area contributed by atoms with Gasteiger partial charge in [-0.2, -0.15) is 0 Å². The molecule has 2 N–H and O–H groups in total. The number of furan rings is 1. The molecule has 1 atom stereocenters. The fraction of sp³-hybridized carbons (Fsp3) is 0.733. The molecule has 1 fully saturated rings. The summed E-state index contributed by atoms with van der Waals surface area (Å²) in [5, 5.41) is 12.4. The summed E-state index contributed by atoms with van der Waals surface area (Å²) in [6.07, 6.45) is 4.11. The van der Waals surface area contributed by atoms with Crippen LogP contribution in [0.1, 0.15) is 37.7 Å². The maximum absolute atomic E-state index is 8.93. The number of hydrogen-bond donors (Lipinski definition) is 2. The first-order chi connectivity index (χ1) is 9.28. The summed E-state index contributed by atoms with van der Waals surface area (Å²) >= 11 is 0. The second kappa shape index (κ2) is 7.68. The van der Waals surface area contributed by atoms with Crippen LogP contribution in [0.2, 0.25) is 0 Å². The van der Waals surface area contributed by atoms with Gasteiger partial charge in [-0.3, -0.25) is 0 Å². The molecule has 1 aliphatic heterocycles. The van der Waals surface area contributed by atoms with Gasteiger partial charge in [0.15, 0.2) is 0 Å². The molecule has 2 heterocycles. The molecule has 0 aliphatic carbocycles. The minimum Gasteiger partial charge on any atom is -0.462 e. The van der Waals surface area contributed by atoms with Crippen molar-refractivity contribution in [2.45, 2.75) is 39.3 Å². The number of likely N-dealkylation sites (tertiary alicyclic amines) is 1. The maximum atomic E-state index is 8.93. The average molecular weight is 266 g/mol. The van der Waals surface area contributed by atoms with Crippen LogP contribution in [0.4, 0.5) is 0 Å². The third-order valence-electron chi connectivity index (χ3n) is 3.68. The molecule has 0 saturated carbocycles. The highest BCUT2D eigenvalue weighted by atomic mass is 16.4. The predicted octanol–water partition coefficient (Wildman–Crippen LogP) is 1.98. The second-order valence-electron chi connectivity index (χ2n) is 5.62. The highest BCUT2D eigenvalue weighted by molar-refractivity contribution is 5.05. The van der Waals surface area contributed by atoms with Crippen LogP contribution < -0.4 is 5.32 Å². The minimum absolute atomic E-state index is 0.0225. The Morgan fingerprint density at radius 2 is 2.00 bits per heavy atom. The van der Waals surface area contributed by atoms with E-state index in [4.69, 9.17) is 9.52 Å². The molecule has 1 aromatic rings. The molecule has 1 saturated heterocycles. The Hall–Kier alpha value is -0.840. The van der Waals surface area contributed by atoms with Gasteiger partial charge in [-0.1, -0.05) is 13.3 Å². The lowest BCUT2D eigenvalue weighted by molar-refractivity contribution is 0.198. The first kappa shape index (κ1) is 14.6. The lowest BCUT2D eigenvalue weighted by atomic mass is 10.1. The molecule has 0 amide bonds. The Morgan fingerprint density at radius 3 is 2.68 bits per heavy atom. The van der Waals surface area contributed by atoms with E-state index in [-0.39, 0.29) is 6.61 Å². The fourth-order valence-corrected chi connectivity index (χ4v) is 2.69. The summed E-state index contributed by atoms with van der Waals surface area (Å²) in [4.78, 5) is 2.58. The summed E-state index contributed by atoms with van der Waals surface area (Å²) in [7, 11) is 0. The predicted molar refractivity (Wildman–Crippen MR) is 75.8 cm³/mol. The quantitative estimate of drug-likeness (QED) is 0.792. The van der Waals surface area contributed by atoms with Crippen molar-refractivity contribution in [3.63, 3.8) is 0 Å². The highest BCUT2D eigenvalue weighted by Crippen LogP contribution is 2.11. The zero-order valence-corrected chi connectivity index (χ0v) is 11.9. The van der Waals surface area contributed by atoms with Crippen LogP contribution in [0.5, 0.6) is 0 Å². The smallest absolute Gasteiger partial charge is 0.129 e. The first-order valence-corrected chi connectivity index (χ1v) is 7.39. The van der Waals surface area contributed by atoms with E-state index in [9.17, 15) is 0 Å². The minimum atomic E-state index is -0.0225. The average Bonchev–Trinajstić information content (AvgIpc) is 2.88. The lowest BCUT2D eigenvalue weighted by Crippen LogP contribution is -2.36. The molecule has 4 nitrogen and oxygen atoms in total. The van der Waals surface area contributed by atoms with E-state index in [1.807, 2.05) is 12.1 Å². The number of nitrogens with zero attached hydrogens (tertiary/aromatic N) is 1. The van der Waals surface area contributed by atoms with Gasteiger partial charge in [0.1, 0.15) is 18.1 Å². The molecule has 1 aromatic heterocycles. The van der Waals surface area contributed by atoms with E-state index in [1.165, 1.54) is 38.9 Å². The van der Waals surface area contributed by atoms with E-state index < -0.39 is 0 Å². The zero-order valence-electron chi connectivity index (χ0n) is 11.9. The molecule has 4 heteroatoms. The molecule has 0 aromatic carbocycles. The number of aliphatic hydroxyl groups is 1. The second-order valence-corrected chi connectivity index (χ2v) is 5.62. The fourth-order valence-electron chi connectivity index (χ4n) is 2.69. The Labute approximate surface area is 115 Å². The molecule has 108 valence electrons. The number of nitrogens with one attached hydrogen (secondary N) is 1. The number of rotatable bonds is 7. The summed E-state index contributed by atoms with van der Waals surface area (Å²) in [5.74, 6) is 2.19. The van der Waals surface area contributed by atoms with Crippen LogP contribution in [0.3, 0.4) is 0 Å². The van der Waals surface area contributed by atoms with Crippen LogP contribution in [-0.2, 0) is 13.2 Å². The summed E-state index contributed by atoms with van der Waals surface area (Å²) in [6, 6.07) is 3.75. The van der Waals surface area contributed by atoms with E-state index in [0.717, 1.165) is 18.8 Å². The number of aliphatic hydroxyl groups excluding tert-OH is 1. The maximum Gasteiger partial charge on any atom is 0.129 e. The van der Waals surface area contributed by atoms with Crippen molar-refractivity contribution in [1.29, 1.82) is 0 Å². The molecular formula is C15H26N2O2. The van der Waals surface area contributed by atoms with Gasteiger partial charge in [0.05, 0.1) is 6.54 Å². The SMILES string of the molecule is CC(CNCc1ccc(CO)o1)CN1CCCCC1. The van der Waals surface area contributed by atoms with Gasteiger partial charge >= 0.3 is 0 Å². The van der Waals surface area contributed by atoms with E-state index in [2.05, 4.69) is 17.1 Å². The van der Waals surface area contributed by atoms with Crippen molar-refractivity contribution in [2.24, 2.45) is 5.92 Å². The highest BCUT2D eigenvalue weighted by Gasteiger charge is 2.13. The van der Waals surface area contributed by atoms with Gasteiger partial charge < -0.3 is 19.7 Å². The van der Waals surface area contributed by atoms with Crippen molar-refractivity contribution in [3.8, 4) is 0 Å². The van der Waals surface area contributed by atoms with Crippen molar-refractivity contribution in [3.05, 3.63) is 23.7 Å². The van der Waals surface area contributed by atoms with Gasteiger partial charge in [0.25, 0.3) is 0 Å². The molecule has 19 heavy (non-hydrogen) atoms. The topological polar surface area (TPSA) is 48.6 Å². The van der Waals surface area contributed by atoms with E-state index in [1.54, 1.807) is 0 Å². The van der Waals surface area contributed by atoms with E-state index >= 15 is 0 Å².